The Morgan fingerprint density at radius 2 is 0.881 bits per heavy atom. The Hall–Kier alpha value is -4.97. The zero-order valence-electron chi connectivity index (χ0n) is 22.9. The zero-order chi connectivity index (χ0) is 28.1. The van der Waals surface area contributed by atoms with Crippen molar-refractivity contribution in [2.24, 2.45) is 0 Å². The smallest absolute Gasteiger partial charge is 0.171 e. The molecule has 0 fully saturated rings. The Morgan fingerprint density at radius 3 is 1.57 bits per heavy atom. The summed E-state index contributed by atoms with van der Waals surface area (Å²) < 4.78 is 14.9. The van der Waals surface area contributed by atoms with Crippen LogP contribution >= 0.6 is 7.14 Å². The third-order valence-corrected chi connectivity index (χ3v) is 11.6. The molecule has 198 valence electrons. The largest absolute Gasteiger partial charge is 0.309 e. The molecule has 0 N–H and O–H groups in total. The van der Waals surface area contributed by atoms with Crippen molar-refractivity contribution < 1.29 is 4.57 Å². The summed E-state index contributed by atoms with van der Waals surface area (Å²) in [5, 5.41) is 12.5. The lowest BCUT2D eigenvalue weighted by Crippen LogP contribution is -2.24. The molecular weight excluding hydrogens is 527 g/mol. The molecule has 1 nitrogen and oxygen atoms in total. The maximum atomic E-state index is 14.9. The number of rotatable bonds is 4. The zero-order valence-corrected chi connectivity index (χ0v) is 23.8. The molecule has 0 heterocycles. The Labute approximate surface area is 245 Å². The number of hydrogen-bond donors (Lipinski definition) is 0. The van der Waals surface area contributed by atoms with Crippen molar-refractivity contribution in [2.75, 3.05) is 0 Å². The number of fused-ring (bicyclic) bond motifs is 7. The molecule has 8 rings (SSSR count). The summed E-state index contributed by atoms with van der Waals surface area (Å²) in [6.07, 6.45) is 0. The quantitative estimate of drug-likeness (QED) is 0.156. The van der Waals surface area contributed by atoms with Gasteiger partial charge in [0.25, 0.3) is 0 Å². The van der Waals surface area contributed by atoms with Crippen molar-refractivity contribution in [3.05, 3.63) is 164 Å². The van der Waals surface area contributed by atoms with Crippen molar-refractivity contribution in [2.45, 2.75) is 0 Å². The minimum absolute atomic E-state index is 0.839. The highest BCUT2D eigenvalue weighted by atomic mass is 31.2. The van der Waals surface area contributed by atoms with Crippen LogP contribution in [0, 0.1) is 0 Å². The van der Waals surface area contributed by atoms with Gasteiger partial charge in [-0.05, 0) is 60.3 Å². The predicted molar refractivity (Wildman–Crippen MR) is 181 cm³/mol. The van der Waals surface area contributed by atoms with Gasteiger partial charge in [0.15, 0.2) is 7.14 Å². The number of hydrogen-bond acceptors (Lipinski definition) is 1. The average molecular weight is 555 g/mol. The first kappa shape index (κ1) is 24.8. The molecule has 0 radical (unpaired) electrons. The summed E-state index contributed by atoms with van der Waals surface area (Å²) in [6.45, 7) is 0. The standard InChI is InChI=1S/C40H27OP/c41-42(31-13-3-1-4-14-31,32-15-5-2-6-16-32)33-22-19-29(20-23-33)39-27-30-12-8-10-18-35(30)40-37-24-21-28-11-7-9-17-34(28)36(37)25-26-38(39)40/h1-27H. The Bertz CT molecular complexity index is 2260. The van der Waals surface area contributed by atoms with Gasteiger partial charge in [-0.3, -0.25) is 0 Å². The van der Waals surface area contributed by atoms with Crippen LogP contribution in [0.2, 0.25) is 0 Å². The molecule has 0 aliphatic heterocycles. The van der Waals surface area contributed by atoms with E-state index in [1.165, 1.54) is 48.7 Å². The second-order valence-corrected chi connectivity index (χ2v) is 13.6. The van der Waals surface area contributed by atoms with Gasteiger partial charge in [-0.25, -0.2) is 0 Å². The lowest BCUT2D eigenvalue weighted by atomic mass is 9.89. The van der Waals surface area contributed by atoms with Crippen LogP contribution in [0.4, 0.5) is 0 Å². The van der Waals surface area contributed by atoms with E-state index < -0.39 is 7.14 Å². The van der Waals surface area contributed by atoms with Gasteiger partial charge < -0.3 is 4.57 Å². The summed E-state index contributed by atoms with van der Waals surface area (Å²) in [7, 11) is -3.03. The summed E-state index contributed by atoms with van der Waals surface area (Å²) in [4.78, 5) is 0. The Morgan fingerprint density at radius 1 is 0.357 bits per heavy atom. The molecule has 0 spiro atoms. The summed E-state index contributed by atoms with van der Waals surface area (Å²) in [5.41, 5.74) is 2.29. The van der Waals surface area contributed by atoms with Crippen LogP contribution in [-0.4, -0.2) is 0 Å². The van der Waals surface area contributed by atoms with Crippen molar-refractivity contribution in [1.82, 2.24) is 0 Å². The van der Waals surface area contributed by atoms with E-state index >= 15 is 0 Å². The molecule has 42 heavy (non-hydrogen) atoms. The Balaban J connectivity index is 1.36. The fourth-order valence-electron chi connectivity index (χ4n) is 6.50. The van der Waals surface area contributed by atoms with Gasteiger partial charge in [0.2, 0.25) is 0 Å². The highest BCUT2D eigenvalue weighted by Gasteiger charge is 2.29. The van der Waals surface area contributed by atoms with Gasteiger partial charge in [0, 0.05) is 15.9 Å². The first-order valence-electron chi connectivity index (χ1n) is 14.3. The minimum atomic E-state index is -3.03. The van der Waals surface area contributed by atoms with Crippen molar-refractivity contribution >= 4 is 66.1 Å². The molecule has 0 saturated heterocycles. The molecule has 0 aliphatic carbocycles. The fourth-order valence-corrected chi connectivity index (χ4v) is 9.15. The normalized spacial score (nSPS) is 11.9. The van der Waals surface area contributed by atoms with E-state index in [0.717, 1.165) is 21.5 Å². The van der Waals surface area contributed by atoms with Gasteiger partial charge in [0.1, 0.15) is 0 Å². The maximum Gasteiger partial charge on any atom is 0.171 e. The second-order valence-electron chi connectivity index (χ2n) is 10.8. The second kappa shape index (κ2) is 9.84. The lowest BCUT2D eigenvalue weighted by molar-refractivity contribution is 0.592. The van der Waals surface area contributed by atoms with E-state index in [0.29, 0.717) is 0 Å². The molecule has 0 bridgehead atoms. The van der Waals surface area contributed by atoms with Crippen molar-refractivity contribution in [1.29, 1.82) is 0 Å². The highest BCUT2D eigenvalue weighted by molar-refractivity contribution is 7.85. The van der Waals surface area contributed by atoms with Crippen LogP contribution in [-0.2, 0) is 4.57 Å². The summed E-state index contributed by atoms with van der Waals surface area (Å²) >= 11 is 0. The molecule has 0 amide bonds. The summed E-state index contributed by atoms with van der Waals surface area (Å²) in [5.74, 6) is 0. The average Bonchev–Trinajstić information content (AvgIpc) is 3.08. The van der Waals surface area contributed by atoms with Crippen molar-refractivity contribution in [3.8, 4) is 11.1 Å². The molecule has 0 atom stereocenters. The van der Waals surface area contributed by atoms with Crippen LogP contribution in [0.15, 0.2) is 164 Å². The molecule has 0 aromatic heterocycles. The van der Waals surface area contributed by atoms with Gasteiger partial charge in [-0.15, -0.1) is 0 Å². The van der Waals surface area contributed by atoms with Gasteiger partial charge in [-0.2, -0.15) is 0 Å². The lowest BCUT2D eigenvalue weighted by Gasteiger charge is -2.20. The predicted octanol–water partition coefficient (Wildman–Crippen LogP) is 9.61. The van der Waals surface area contributed by atoms with E-state index in [1.807, 2.05) is 60.7 Å². The van der Waals surface area contributed by atoms with E-state index in [-0.39, 0.29) is 0 Å². The van der Waals surface area contributed by atoms with Crippen LogP contribution in [0.25, 0.3) is 54.2 Å². The van der Waals surface area contributed by atoms with Crippen LogP contribution in [0.5, 0.6) is 0 Å². The first-order valence-corrected chi connectivity index (χ1v) is 16.0. The summed E-state index contributed by atoms with van der Waals surface area (Å²) in [6, 6.07) is 56.8. The van der Waals surface area contributed by atoms with Crippen LogP contribution in [0.1, 0.15) is 0 Å². The molecular formula is C40H27OP. The van der Waals surface area contributed by atoms with E-state index in [4.69, 9.17) is 0 Å². The molecule has 0 saturated carbocycles. The third-order valence-electron chi connectivity index (χ3n) is 8.53. The molecule has 0 aliphatic rings. The topological polar surface area (TPSA) is 17.1 Å². The van der Waals surface area contributed by atoms with Gasteiger partial charge >= 0.3 is 0 Å². The Kier molecular flexibility index (Phi) is 5.81. The van der Waals surface area contributed by atoms with Gasteiger partial charge in [0.05, 0.1) is 0 Å². The fraction of sp³-hybridized carbons (Fsp3) is 0. The molecule has 8 aromatic carbocycles. The van der Waals surface area contributed by atoms with Crippen LogP contribution in [0.3, 0.4) is 0 Å². The molecule has 2 heteroatoms. The van der Waals surface area contributed by atoms with Crippen molar-refractivity contribution in [3.63, 3.8) is 0 Å². The van der Waals surface area contributed by atoms with E-state index in [1.54, 1.807) is 0 Å². The molecule has 8 aromatic rings. The SMILES string of the molecule is O=P(c1ccccc1)(c1ccccc1)c1ccc(-c2cc3ccccc3c3c2ccc2c4ccccc4ccc23)cc1. The van der Waals surface area contributed by atoms with E-state index in [2.05, 4.69) is 103 Å². The van der Waals surface area contributed by atoms with Gasteiger partial charge in [-0.1, -0.05) is 158 Å². The minimum Gasteiger partial charge on any atom is -0.309 e. The number of benzene rings is 8. The van der Waals surface area contributed by atoms with Crippen LogP contribution < -0.4 is 15.9 Å². The first-order chi connectivity index (χ1) is 20.7. The van der Waals surface area contributed by atoms with E-state index in [9.17, 15) is 4.57 Å². The third kappa shape index (κ3) is 3.82. The molecule has 0 unspecified atom stereocenters. The monoisotopic (exact) mass is 554 g/mol. The maximum absolute atomic E-state index is 14.9. The highest BCUT2D eigenvalue weighted by Crippen LogP contribution is 2.44.